The largest absolute Gasteiger partial charge is 0.284 e. The summed E-state index contributed by atoms with van der Waals surface area (Å²) in [4.78, 5) is 23.4. The van der Waals surface area contributed by atoms with Gasteiger partial charge in [0.05, 0.1) is 22.5 Å². The van der Waals surface area contributed by atoms with Crippen molar-refractivity contribution in [1.29, 1.82) is 0 Å². The summed E-state index contributed by atoms with van der Waals surface area (Å²) in [6, 6.07) is 36.1. The first-order valence-electron chi connectivity index (χ1n) is 12.8. The van der Waals surface area contributed by atoms with Crippen molar-refractivity contribution in [2.75, 3.05) is 5.75 Å². The van der Waals surface area contributed by atoms with Crippen molar-refractivity contribution < 1.29 is 4.79 Å². The number of thiazole rings is 1. The van der Waals surface area contributed by atoms with Crippen molar-refractivity contribution in [1.82, 2.24) is 20.0 Å². The predicted octanol–water partition coefficient (Wildman–Crippen LogP) is 7.43. The molecule has 9 heteroatoms. The van der Waals surface area contributed by atoms with E-state index in [2.05, 4.69) is 63.8 Å². The van der Waals surface area contributed by atoms with Crippen LogP contribution < -0.4 is 10.2 Å². The zero-order valence-electron chi connectivity index (χ0n) is 22.1. The molecular formula is C32H26BrN5OS2. The molecule has 6 nitrogen and oxygen atoms in total. The molecule has 2 aromatic heterocycles. The van der Waals surface area contributed by atoms with Gasteiger partial charge in [0.2, 0.25) is 4.80 Å². The van der Waals surface area contributed by atoms with Crippen LogP contribution in [0.2, 0.25) is 0 Å². The molecule has 0 fully saturated rings. The number of halogens is 1. The number of hydrogen-bond donors (Lipinski definition) is 1. The molecule has 6 aromatic rings. The Morgan fingerprint density at radius 2 is 1.44 bits per heavy atom. The maximum Gasteiger partial charge on any atom is 0.250 e. The lowest BCUT2D eigenvalue weighted by atomic mass is 10.1. The third kappa shape index (κ3) is 6.48. The van der Waals surface area contributed by atoms with E-state index in [1.807, 2.05) is 72.8 Å². The SMILES string of the molecule is Br.Cc1ccc(-n2c(-c3ccccc3)cs/c2=N\NC(=O)CSc2nc3ccccc3nc2-c2ccccc2)cc1. The zero-order chi connectivity index (χ0) is 27.3. The number of benzene rings is 4. The number of thioether (sulfide) groups is 1. The van der Waals surface area contributed by atoms with Crippen LogP contribution in [-0.2, 0) is 4.79 Å². The number of amides is 1. The summed E-state index contributed by atoms with van der Waals surface area (Å²) in [5.41, 5.74) is 10.3. The molecule has 0 radical (unpaired) electrons. The third-order valence-electron chi connectivity index (χ3n) is 6.27. The van der Waals surface area contributed by atoms with Gasteiger partial charge >= 0.3 is 0 Å². The van der Waals surface area contributed by atoms with Gasteiger partial charge in [-0.15, -0.1) is 33.4 Å². The number of hydrogen-bond acceptors (Lipinski definition) is 6. The van der Waals surface area contributed by atoms with Crippen molar-refractivity contribution in [2.45, 2.75) is 11.9 Å². The summed E-state index contributed by atoms with van der Waals surface area (Å²) in [5.74, 6) is -0.0678. The van der Waals surface area contributed by atoms with Crippen LogP contribution >= 0.6 is 40.1 Å². The Morgan fingerprint density at radius 1 is 0.829 bits per heavy atom. The molecule has 0 saturated carbocycles. The van der Waals surface area contributed by atoms with Gasteiger partial charge in [-0.25, -0.2) is 15.4 Å². The molecule has 41 heavy (non-hydrogen) atoms. The Balaban J connectivity index is 0.00000337. The predicted molar refractivity (Wildman–Crippen MR) is 174 cm³/mol. The highest BCUT2D eigenvalue weighted by molar-refractivity contribution is 8.93. The van der Waals surface area contributed by atoms with Gasteiger partial charge in [0.1, 0.15) is 10.7 Å². The lowest BCUT2D eigenvalue weighted by Crippen LogP contribution is -2.25. The number of nitrogens with zero attached hydrogens (tertiary/aromatic N) is 4. The van der Waals surface area contributed by atoms with E-state index in [0.717, 1.165) is 39.2 Å². The van der Waals surface area contributed by atoms with Crippen LogP contribution in [0.25, 0.3) is 39.2 Å². The number of carbonyl (C=O) groups excluding carboxylic acids is 1. The fourth-order valence-corrected chi connectivity index (χ4v) is 5.95. The first kappa shape index (κ1) is 28.5. The molecular weight excluding hydrogens is 614 g/mol. The zero-order valence-corrected chi connectivity index (χ0v) is 25.4. The van der Waals surface area contributed by atoms with Crippen LogP contribution in [0.3, 0.4) is 0 Å². The fraction of sp³-hybridized carbons (Fsp3) is 0.0625. The molecule has 2 heterocycles. The van der Waals surface area contributed by atoms with E-state index in [0.29, 0.717) is 9.83 Å². The quantitative estimate of drug-likeness (QED) is 0.146. The summed E-state index contributed by atoms with van der Waals surface area (Å²) in [6.07, 6.45) is 0. The Kier molecular flexibility index (Phi) is 9.08. The monoisotopic (exact) mass is 639 g/mol. The van der Waals surface area contributed by atoms with Crippen molar-refractivity contribution >= 4 is 57.0 Å². The van der Waals surface area contributed by atoms with Gasteiger partial charge in [0, 0.05) is 16.6 Å². The average molecular weight is 641 g/mol. The molecule has 1 amide bonds. The molecule has 0 aliphatic carbocycles. The van der Waals surface area contributed by atoms with Gasteiger partial charge < -0.3 is 0 Å². The number of aromatic nitrogens is 3. The van der Waals surface area contributed by atoms with E-state index in [1.54, 1.807) is 0 Å². The number of para-hydroxylation sites is 2. The summed E-state index contributed by atoms with van der Waals surface area (Å²) in [7, 11) is 0. The number of rotatable bonds is 7. The highest BCUT2D eigenvalue weighted by Crippen LogP contribution is 2.30. The molecule has 0 unspecified atom stereocenters. The maximum absolute atomic E-state index is 13.0. The van der Waals surface area contributed by atoms with Gasteiger partial charge in [0.25, 0.3) is 5.91 Å². The second-order valence-electron chi connectivity index (χ2n) is 9.11. The summed E-state index contributed by atoms with van der Waals surface area (Å²) < 4.78 is 2.06. The van der Waals surface area contributed by atoms with E-state index in [-0.39, 0.29) is 28.6 Å². The van der Waals surface area contributed by atoms with Gasteiger partial charge in [-0.3, -0.25) is 9.36 Å². The number of fused-ring (bicyclic) bond motifs is 1. The highest BCUT2D eigenvalue weighted by atomic mass is 79.9. The Morgan fingerprint density at radius 3 is 2.12 bits per heavy atom. The van der Waals surface area contributed by atoms with Gasteiger partial charge in [-0.2, -0.15) is 0 Å². The first-order chi connectivity index (χ1) is 19.7. The van der Waals surface area contributed by atoms with E-state index in [4.69, 9.17) is 9.97 Å². The number of carbonyl (C=O) groups is 1. The third-order valence-corrected chi connectivity index (χ3v) is 8.06. The minimum atomic E-state index is -0.218. The molecule has 0 saturated heterocycles. The van der Waals surface area contributed by atoms with E-state index in [9.17, 15) is 4.79 Å². The Bertz CT molecular complexity index is 1850. The van der Waals surface area contributed by atoms with Crippen LogP contribution in [0.1, 0.15) is 5.56 Å². The van der Waals surface area contributed by atoms with E-state index in [1.165, 1.54) is 28.7 Å². The molecule has 6 rings (SSSR count). The van der Waals surface area contributed by atoms with Crippen molar-refractivity contribution in [3.63, 3.8) is 0 Å². The van der Waals surface area contributed by atoms with Crippen LogP contribution in [0.5, 0.6) is 0 Å². The summed E-state index contributed by atoms with van der Waals surface area (Å²) in [6.45, 7) is 2.06. The lowest BCUT2D eigenvalue weighted by Gasteiger charge is -2.10. The van der Waals surface area contributed by atoms with Gasteiger partial charge in [-0.05, 0) is 36.8 Å². The molecule has 1 N–H and O–H groups in total. The smallest absolute Gasteiger partial charge is 0.250 e. The molecule has 0 bridgehead atoms. The van der Waals surface area contributed by atoms with Crippen LogP contribution in [0, 0.1) is 6.92 Å². The normalized spacial score (nSPS) is 11.3. The molecule has 0 atom stereocenters. The molecule has 4 aromatic carbocycles. The molecule has 0 aliphatic heterocycles. The van der Waals surface area contributed by atoms with Crippen molar-refractivity contribution in [3.05, 3.63) is 125 Å². The topological polar surface area (TPSA) is 72.2 Å². The second-order valence-corrected chi connectivity index (χ2v) is 10.9. The van der Waals surface area contributed by atoms with Gasteiger partial charge in [0.15, 0.2) is 0 Å². The Hall–Kier alpha value is -4.05. The number of aryl methyl sites for hydroxylation is 1. The van der Waals surface area contributed by atoms with Crippen molar-refractivity contribution in [2.24, 2.45) is 5.10 Å². The minimum Gasteiger partial charge on any atom is -0.284 e. The second kappa shape index (κ2) is 13.1. The maximum atomic E-state index is 13.0. The standard InChI is InChI=1S/C32H25N5OS2.BrH/c1-22-16-18-25(19-17-22)37-28(23-10-4-2-5-11-23)20-40-32(37)36-35-29(38)21-39-31-30(24-12-6-3-7-13-24)33-26-14-8-9-15-27(26)34-31;/h2-20H,21H2,1H3,(H,35,38);1H/b36-32-;. The van der Waals surface area contributed by atoms with Crippen LogP contribution in [0.15, 0.2) is 125 Å². The first-order valence-corrected chi connectivity index (χ1v) is 14.6. The van der Waals surface area contributed by atoms with E-state index >= 15 is 0 Å². The summed E-state index contributed by atoms with van der Waals surface area (Å²) in [5, 5.41) is 7.29. The van der Waals surface area contributed by atoms with E-state index < -0.39 is 0 Å². The van der Waals surface area contributed by atoms with Crippen LogP contribution in [-0.4, -0.2) is 26.2 Å². The summed E-state index contributed by atoms with van der Waals surface area (Å²) >= 11 is 2.84. The highest BCUT2D eigenvalue weighted by Gasteiger charge is 2.14. The minimum absolute atomic E-state index is 0. The van der Waals surface area contributed by atoms with Crippen LogP contribution in [0.4, 0.5) is 0 Å². The molecule has 0 spiro atoms. The van der Waals surface area contributed by atoms with Gasteiger partial charge in [-0.1, -0.05) is 102 Å². The lowest BCUT2D eigenvalue weighted by molar-refractivity contribution is -0.118. The van der Waals surface area contributed by atoms with Crippen molar-refractivity contribution in [3.8, 4) is 28.2 Å². The average Bonchev–Trinajstić information content (AvgIpc) is 3.43. The molecule has 204 valence electrons. The Labute approximate surface area is 256 Å². The number of nitrogens with one attached hydrogen (secondary N) is 1. The fourth-order valence-electron chi connectivity index (χ4n) is 4.29. The molecule has 0 aliphatic rings.